The van der Waals surface area contributed by atoms with Crippen molar-refractivity contribution in [2.24, 2.45) is 11.1 Å². The highest BCUT2D eigenvalue weighted by Gasteiger charge is 2.38. The average molecular weight is 639 g/mol. The Morgan fingerprint density at radius 1 is 1.15 bits per heavy atom. The number of aliphatic carboxylic acids is 1. The van der Waals surface area contributed by atoms with E-state index < -0.39 is 36.0 Å². The zero-order valence-electron chi connectivity index (χ0n) is 24.9. The van der Waals surface area contributed by atoms with Crippen LogP contribution in [0.4, 0.5) is 10.1 Å². The Labute approximate surface area is 261 Å². The topological polar surface area (TPSA) is 230 Å². The van der Waals surface area contributed by atoms with Gasteiger partial charge in [0.15, 0.2) is 22.8 Å². The number of anilines is 1. The van der Waals surface area contributed by atoms with Crippen LogP contribution in [0.2, 0.25) is 0 Å². The fraction of sp³-hybridized carbons (Fsp3) is 0.276. The summed E-state index contributed by atoms with van der Waals surface area (Å²) in [7, 11) is 1.38. The van der Waals surface area contributed by atoms with Crippen LogP contribution in [0.5, 0.6) is 17.5 Å². The summed E-state index contributed by atoms with van der Waals surface area (Å²) < 4.78 is 38.5. The molecule has 4 rings (SSSR count). The molecule has 2 heterocycles. The standard InChI is InChI=1S/C29H31FN8O8/c1-29(2,25(40)41)26(42)45-15-46-28-36-24(37-38(28)27-33-9-4-10-34-27)22(35-17-7-5-16(6-8-17)23(31)32)19-13-18(43-3)14-20(21(19)30)44-12-11-39/h4-10,13-14,22,35,39H,11-12,15H2,1-3H3,(H3,31,32)(H,40,41). The first-order valence-corrected chi connectivity index (χ1v) is 13.6. The molecule has 6 N–H and O–H groups in total. The number of nitrogens with zero attached hydrogens (tertiary/aromatic N) is 5. The number of aliphatic hydroxyl groups excluding tert-OH is 1. The number of carbonyl (C=O) groups excluding carboxylic acids is 1. The third-order valence-electron chi connectivity index (χ3n) is 6.46. The van der Waals surface area contributed by atoms with Gasteiger partial charge in [-0.15, -0.1) is 9.78 Å². The summed E-state index contributed by atoms with van der Waals surface area (Å²) in [5, 5.41) is 33.9. The number of carboxylic acids is 1. The average Bonchev–Trinajstić information content (AvgIpc) is 3.47. The Kier molecular flexibility index (Phi) is 10.3. The van der Waals surface area contributed by atoms with Crippen molar-refractivity contribution in [3.8, 4) is 23.5 Å². The Bertz CT molecular complexity index is 1700. The third kappa shape index (κ3) is 7.44. The van der Waals surface area contributed by atoms with Gasteiger partial charge in [0.2, 0.25) is 6.79 Å². The molecule has 0 bridgehead atoms. The van der Waals surface area contributed by atoms with Gasteiger partial charge in [-0.25, -0.2) is 14.4 Å². The molecule has 0 saturated carbocycles. The number of benzene rings is 2. The molecule has 2 aromatic carbocycles. The lowest BCUT2D eigenvalue weighted by atomic mass is 9.94. The van der Waals surface area contributed by atoms with Crippen LogP contribution in [0.15, 0.2) is 54.9 Å². The maximum absolute atomic E-state index is 16.0. The van der Waals surface area contributed by atoms with Gasteiger partial charge in [-0.1, -0.05) is 0 Å². The van der Waals surface area contributed by atoms with Gasteiger partial charge in [-0.2, -0.15) is 4.98 Å². The van der Waals surface area contributed by atoms with Gasteiger partial charge in [0.05, 0.1) is 13.7 Å². The summed E-state index contributed by atoms with van der Waals surface area (Å²) in [6, 6.07) is 9.24. The molecule has 0 aliphatic heterocycles. The summed E-state index contributed by atoms with van der Waals surface area (Å²) >= 11 is 0. The van der Waals surface area contributed by atoms with Gasteiger partial charge >= 0.3 is 17.9 Å². The molecule has 0 fully saturated rings. The smallest absolute Gasteiger partial charge is 0.325 e. The molecule has 46 heavy (non-hydrogen) atoms. The zero-order chi connectivity index (χ0) is 33.4. The van der Waals surface area contributed by atoms with Gasteiger partial charge in [-0.05, 0) is 50.2 Å². The molecule has 16 nitrogen and oxygen atoms in total. The zero-order valence-corrected chi connectivity index (χ0v) is 24.9. The second-order valence-corrected chi connectivity index (χ2v) is 10.0. The number of nitrogens with two attached hydrogens (primary N) is 1. The summed E-state index contributed by atoms with van der Waals surface area (Å²) in [5.74, 6) is -3.49. The highest BCUT2D eigenvalue weighted by Crippen LogP contribution is 2.36. The number of carbonyl (C=O) groups is 2. The molecule has 0 spiro atoms. The van der Waals surface area contributed by atoms with Crippen molar-refractivity contribution in [1.82, 2.24) is 24.7 Å². The van der Waals surface area contributed by atoms with E-state index in [2.05, 4.69) is 25.4 Å². The Morgan fingerprint density at radius 2 is 1.85 bits per heavy atom. The van der Waals surface area contributed by atoms with Crippen molar-refractivity contribution in [2.75, 3.05) is 32.4 Å². The Balaban J connectivity index is 1.81. The molecule has 4 aromatic rings. The molecule has 242 valence electrons. The fourth-order valence-electron chi connectivity index (χ4n) is 3.84. The highest BCUT2D eigenvalue weighted by atomic mass is 19.1. The molecule has 0 saturated heterocycles. The number of nitrogen functional groups attached to an aromatic ring is 1. The van der Waals surface area contributed by atoms with E-state index in [9.17, 15) is 19.8 Å². The van der Waals surface area contributed by atoms with Crippen molar-refractivity contribution in [3.63, 3.8) is 0 Å². The van der Waals surface area contributed by atoms with Crippen LogP contribution in [-0.2, 0) is 14.3 Å². The van der Waals surface area contributed by atoms with E-state index in [1.165, 1.54) is 45.5 Å². The maximum atomic E-state index is 16.0. The number of esters is 1. The van der Waals surface area contributed by atoms with E-state index in [0.29, 0.717) is 11.3 Å². The molecule has 2 aromatic heterocycles. The van der Waals surface area contributed by atoms with Crippen LogP contribution >= 0.6 is 0 Å². The van der Waals surface area contributed by atoms with Crippen molar-refractivity contribution in [3.05, 3.63) is 77.6 Å². The number of nitrogens with one attached hydrogen (secondary N) is 2. The molecule has 1 unspecified atom stereocenters. The molecule has 0 aliphatic carbocycles. The highest BCUT2D eigenvalue weighted by molar-refractivity contribution is 5.98. The molecular formula is C29H31FN8O8. The minimum Gasteiger partial charge on any atom is -0.497 e. The van der Waals surface area contributed by atoms with Gasteiger partial charge in [0.25, 0.3) is 5.95 Å². The van der Waals surface area contributed by atoms with Crippen molar-refractivity contribution in [2.45, 2.75) is 19.9 Å². The number of rotatable bonds is 15. The first-order valence-electron chi connectivity index (χ1n) is 13.6. The van der Waals surface area contributed by atoms with Gasteiger partial charge in [-0.3, -0.25) is 15.0 Å². The number of aromatic nitrogens is 5. The fourth-order valence-corrected chi connectivity index (χ4v) is 3.84. The lowest BCUT2D eigenvalue weighted by Gasteiger charge is -2.21. The van der Waals surface area contributed by atoms with Crippen LogP contribution in [0.1, 0.15) is 36.8 Å². The molecule has 0 aliphatic rings. The monoisotopic (exact) mass is 638 g/mol. The number of amidine groups is 1. The van der Waals surface area contributed by atoms with Crippen molar-refractivity contribution < 1.29 is 43.1 Å². The van der Waals surface area contributed by atoms with E-state index in [1.54, 1.807) is 30.3 Å². The molecular weight excluding hydrogens is 607 g/mol. The predicted molar refractivity (Wildman–Crippen MR) is 158 cm³/mol. The quantitative estimate of drug-likeness (QED) is 0.0413. The largest absolute Gasteiger partial charge is 0.497 e. The Hall–Kier alpha value is -5.84. The maximum Gasteiger partial charge on any atom is 0.325 e. The van der Waals surface area contributed by atoms with Crippen molar-refractivity contribution >= 4 is 23.5 Å². The normalized spacial score (nSPS) is 11.8. The molecule has 1 atom stereocenters. The minimum absolute atomic E-state index is 0.00362. The Morgan fingerprint density at radius 3 is 2.46 bits per heavy atom. The van der Waals surface area contributed by atoms with E-state index in [-0.39, 0.29) is 53.9 Å². The summed E-state index contributed by atoms with van der Waals surface area (Å²) in [5.41, 5.74) is 4.61. The van der Waals surface area contributed by atoms with Gasteiger partial charge < -0.3 is 40.2 Å². The van der Waals surface area contributed by atoms with E-state index in [0.717, 1.165) is 4.68 Å². The summed E-state index contributed by atoms with van der Waals surface area (Å²) in [4.78, 5) is 36.5. The van der Waals surface area contributed by atoms with Gasteiger partial charge in [0.1, 0.15) is 24.2 Å². The van der Waals surface area contributed by atoms with Crippen LogP contribution in [0.25, 0.3) is 5.95 Å². The number of ether oxygens (including phenoxy) is 4. The summed E-state index contributed by atoms with van der Waals surface area (Å²) in [6.45, 7) is 1.04. The number of carboxylic acid groups (broad SMARTS) is 1. The van der Waals surface area contributed by atoms with Crippen LogP contribution in [0, 0.1) is 16.6 Å². The molecule has 0 radical (unpaired) electrons. The number of halogens is 1. The van der Waals surface area contributed by atoms with E-state index in [4.69, 9.17) is 30.1 Å². The number of hydrogen-bond acceptors (Lipinski definition) is 13. The first-order chi connectivity index (χ1) is 22.0. The van der Waals surface area contributed by atoms with Crippen LogP contribution < -0.4 is 25.3 Å². The van der Waals surface area contributed by atoms with Crippen molar-refractivity contribution in [1.29, 1.82) is 5.41 Å². The lowest BCUT2D eigenvalue weighted by molar-refractivity contribution is -0.170. The second kappa shape index (κ2) is 14.3. The van der Waals surface area contributed by atoms with Crippen LogP contribution in [-0.4, -0.2) is 79.8 Å². The second-order valence-electron chi connectivity index (χ2n) is 10.0. The molecule has 0 amide bonds. The minimum atomic E-state index is -1.85. The first kappa shape index (κ1) is 33.1. The molecule has 17 heteroatoms. The SMILES string of the molecule is COc1cc(OCCO)c(F)c(C(Nc2ccc(C(=N)N)cc2)c2nc(OCOC(=O)C(C)(C)C(=O)O)n(-c3ncccn3)n2)c1. The number of methoxy groups -OCH3 is 1. The summed E-state index contributed by atoms with van der Waals surface area (Å²) in [6.07, 6.45) is 2.86. The predicted octanol–water partition coefficient (Wildman–Crippen LogP) is 2.05. The number of aliphatic hydroxyl groups is 1. The van der Waals surface area contributed by atoms with Gasteiger partial charge in [0, 0.05) is 35.3 Å². The lowest BCUT2D eigenvalue weighted by Crippen LogP contribution is -2.35. The van der Waals surface area contributed by atoms with E-state index >= 15 is 4.39 Å². The van der Waals surface area contributed by atoms with E-state index in [1.807, 2.05) is 0 Å². The third-order valence-corrected chi connectivity index (χ3v) is 6.46. The number of hydrogen-bond donors (Lipinski definition) is 5. The van der Waals surface area contributed by atoms with Crippen LogP contribution in [0.3, 0.4) is 0 Å².